The summed E-state index contributed by atoms with van der Waals surface area (Å²) < 4.78 is 5.76. The quantitative estimate of drug-likeness (QED) is 0.624. The zero-order valence-electron chi connectivity index (χ0n) is 11.8. The first kappa shape index (κ1) is 14.8. The molecule has 0 spiro atoms. The topological polar surface area (TPSA) is 67.6 Å². The van der Waals surface area contributed by atoms with Crippen LogP contribution in [0, 0.1) is 5.92 Å². The minimum atomic E-state index is 0.175. The molecule has 2 rings (SSSR count). The van der Waals surface area contributed by atoms with Gasteiger partial charge in [-0.2, -0.15) is 0 Å². The molecule has 0 unspecified atom stereocenters. The van der Waals surface area contributed by atoms with Gasteiger partial charge in [0.2, 0.25) is 5.91 Å². The number of nitrogens with one attached hydrogen (secondary N) is 1. The van der Waals surface area contributed by atoms with E-state index in [-0.39, 0.29) is 5.91 Å². The van der Waals surface area contributed by atoms with E-state index < -0.39 is 0 Å². The van der Waals surface area contributed by atoms with Crippen LogP contribution in [0.4, 0.5) is 0 Å². The Morgan fingerprint density at radius 2 is 2.00 bits per heavy atom. The van der Waals surface area contributed by atoms with Gasteiger partial charge in [0.25, 0.3) is 0 Å². The Bertz CT molecular complexity index is 274. The van der Waals surface area contributed by atoms with E-state index in [0.717, 1.165) is 51.4 Å². The molecule has 0 atom stereocenters. The van der Waals surface area contributed by atoms with Gasteiger partial charge in [-0.1, -0.05) is 0 Å². The Hall–Kier alpha value is -0.650. The highest BCUT2D eigenvalue weighted by Gasteiger charge is 2.23. The summed E-state index contributed by atoms with van der Waals surface area (Å²) in [6.07, 6.45) is 5.92. The molecule has 1 aliphatic carbocycles. The third-order valence-electron chi connectivity index (χ3n) is 3.89. The van der Waals surface area contributed by atoms with Crippen LogP contribution in [-0.4, -0.2) is 56.2 Å². The van der Waals surface area contributed by atoms with E-state index in [1.807, 2.05) is 0 Å². The Morgan fingerprint density at radius 1 is 1.26 bits per heavy atom. The second-order valence-electron chi connectivity index (χ2n) is 5.74. The summed E-state index contributed by atoms with van der Waals surface area (Å²) in [5.74, 6) is 0.931. The van der Waals surface area contributed by atoms with Gasteiger partial charge in [0.15, 0.2) is 0 Å². The number of rotatable bonds is 8. The molecule has 3 N–H and O–H groups in total. The molecular weight excluding hydrogens is 242 g/mol. The molecule has 5 nitrogen and oxygen atoms in total. The summed E-state index contributed by atoms with van der Waals surface area (Å²) in [5, 5.41) is 3.02. The molecule has 0 aromatic rings. The Balaban J connectivity index is 1.53. The largest absolute Gasteiger partial charge is 0.378 e. The minimum Gasteiger partial charge on any atom is -0.378 e. The van der Waals surface area contributed by atoms with Gasteiger partial charge in [-0.3, -0.25) is 9.69 Å². The van der Waals surface area contributed by atoms with Crippen molar-refractivity contribution in [3.63, 3.8) is 0 Å². The summed E-state index contributed by atoms with van der Waals surface area (Å²) in [5.41, 5.74) is 5.44. The van der Waals surface area contributed by atoms with Gasteiger partial charge in [-0.15, -0.1) is 0 Å². The van der Waals surface area contributed by atoms with Crippen LogP contribution < -0.4 is 11.1 Å². The summed E-state index contributed by atoms with van der Waals surface area (Å²) >= 11 is 0. The molecule has 0 aromatic heterocycles. The van der Waals surface area contributed by atoms with Crippen LogP contribution in [0.3, 0.4) is 0 Å². The molecule has 5 heteroatoms. The average Bonchev–Trinajstić information content (AvgIpc) is 3.23. The van der Waals surface area contributed by atoms with Crippen LogP contribution in [-0.2, 0) is 9.53 Å². The van der Waals surface area contributed by atoms with Crippen LogP contribution in [0.1, 0.15) is 32.1 Å². The average molecular weight is 269 g/mol. The van der Waals surface area contributed by atoms with Gasteiger partial charge < -0.3 is 15.8 Å². The lowest BCUT2D eigenvalue weighted by molar-refractivity contribution is -0.123. The molecule has 110 valence electrons. The SMILES string of the molecule is NCCCOC1CCN(CC(=O)NCC2CC2)CC1. The van der Waals surface area contributed by atoms with Crippen LogP contribution in [0.2, 0.25) is 0 Å². The molecule has 0 bridgehead atoms. The Kier molecular flexibility index (Phi) is 6.07. The van der Waals surface area contributed by atoms with Crippen LogP contribution >= 0.6 is 0 Å². The zero-order chi connectivity index (χ0) is 13.5. The van der Waals surface area contributed by atoms with Crippen LogP contribution in [0.15, 0.2) is 0 Å². The molecule has 1 saturated carbocycles. The Morgan fingerprint density at radius 3 is 2.63 bits per heavy atom. The van der Waals surface area contributed by atoms with Gasteiger partial charge in [0.1, 0.15) is 0 Å². The standard InChI is InChI=1S/C14H27N3O2/c15-6-1-9-19-13-4-7-17(8-5-13)11-14(18)16-10-12-2-3-12/h12-13H,1-11,15H2,(H,16,18). The first-order valence-corrected chi connectivity index (χ1v) is 7.58. The normalized spacial score (nSPS) is 21.5. The highest BCUT2D eigenvalue weighted by Crippen LogP contribution is 2.27. The third kappa shape index (κ3) is 5.89. The van der Waals surface area contributed by atoms with Gasteiger partial charge in [0.05, 0.1) is 12.6 Å². The van der Waals surface area contributed by atoms with Gasteiger partial charge in [-0.25, -0.2) is 0 Å². The zero-order valence-corrected chi connectivity index (χ0v) is 11.8. The molecule has 2 fully saturated rings. The van der Waals surface area contributed by atoms with Crippen molar-refractivity contribution in [2.24, 2.45) is 11.7 Å². The van der Waals surface area contributed by atoms with Gasteiger partial charge in [0, 0.05) is 26.2 Å². The fourth-order valence-electron chi connectivity index (χ4n) is 2.41. The molecule has 0 aromatic carbocycles. The van der Waals surface area contributed by atoms with Crippen LogP contribution in [0.25, 0.3) is 0 Å². The third-order valence-corrected chi connectivity index (χ3v) is 3.89. The van der Waals surface area contributed by atoms with Crippen molar-refractivity contribution in [2.75, 3.05) is 39.3 Å². The van der Waals surface area contributed by atoms with E-state index >= 15 is 0 Å². The number of likely N-dealkylation sites (tertiary alicyclic amines) is 1. The number of nitrogens with two attached hydrogens (primary N) is 1. The number of ether oxygens (including phenoxy) is 1. The van der Waals surface area contributed by atoms with Crippen molar-refractivity contribution in [3.8, 4) is 0 Å². The number of nitrogens with zero attached hydrogens (tertiary/aromatic N) is 1. The fourth-order valence-corrected chi connectivity index (χ4v) is 2.41. The summed E-state index contributed by atoms with van der Waals surface area (Å²) in [6, 6.07) is 0. The van der Waals surface area contributed by atoms with Crippen molar-refractivity contribution in [3.05, 3.63) is 0 Å². The molecule has 2 aliphatic rings. The lowest BCUT2D eigenvalue weighted by Gasteiger charge is -2.31. The number of carbonyl (C=O) groups excluding carboxylic acids is 1. The number of piperidine rings is 1. The predicted octanol–water partition coefficient (Wildman–Crippen LogP) is 0.342. The van der Waals surface area contributed by atoms with E-state index in [1.54, 1.807) is 0 Å². The Labute approximate surface area is 115 Å². The van der Waals surface area contributed by atoms with E-state index in [1.165, 1.54) is 12.8 Å². The maximum absolute atomic E-state index is 11.7. The minimum absolute atomic E-state index is 0.175. The molecule has 1 aliphatic heterocycles. The highest BCUT2D eigenvalue weighted by molar-refractivity contribution is 5.78. The molecular formula is C14H27N3O2. The van der Waals surface area contributed by atoms with Gasteiger partial charge >= 0.3 is 0 Å². The van der Waals surface area contributed by atoms with E-state index in [0.29, 0.717) is 19.2 Å². The number of amides is 1. The number of hydrogen-bond acceptors (Lipinski definition) is 4. The molecule has 1 saturated heterocycles. The number of hydrogen-bond donors (Lipinski definition) is 2. The monoisotopic (exact) mass is 269 g/mol. The summed E-state index contributed by atoms with van der Waals surface area (Å²) in [7, 11) is 0. The maximum atomic E-state index is 11.7. The van der Waals surface area contributed by atoms with Crippen molar-refractivity contribution in [2.45, 2.75) is 38.2 Å². The van der Waals surface area contributed by atoms with E-state index in [9.17, 15) is 4.79 Å². The van der Waals surface area contributed by atoms with E-state index in [2.05, 4.69) is 10.2 Å². The lowest BCUT2D eigenvalue weighted by Crippen LogP contribution is -2.43. The van der Waals surface area contributed by atoms with E-state index in [4.69, 9.17) is 10.5 Å². The maximum Gasteiger partial charge on any atom is 0.234 e. The van der Waals surface area contributed by atoms with Crippen molar-refractivity contribution in [1.82, 2.24) is 10.2 Å². The second kappa shape index (κ2) is 7.82. The predicted molar refractivity (Wildman–Crippen MR) is 74.8 cm³/mol. The molecule has 1 heterocycles. The van der Waals surface area contributed by atoms with Crippen molar-refractivity contribution < 1.29 is 9.53 Å². The van der Waals surface area contributed by atoms with Crippen LogP contribution in [0.5, 0.6) is 0 Å². The fraction of sp³-hybridized carbons (Fsp3) is 0.929. The van der Waals surface area contributed by atoms with Crippen molar-refractivity contribution in [1.29, 1.82) is 0 Å². The highest BCUT2D eigenvalue weighted by atomic mass is 16.5. The first-order valence-electron chi connectivity index (χ1n) is 7.58. The smallest absolute Gasteiger partial charge is 0.234 e. The number of carbonyl (C=O) groups is 1. The first-order chi connectivity index (χ1) is 9.28. The second-order valence-corrected chi connectivity index (χ2v) is 5.74. The van der Waals surface area contributed by atoms with Gasteiger partial charge in [-0.05, 0) is 44.6 Å². The lowest BCUT2D eigenvalue weighted by atomic mass is 10.1. The summed E-state index contributed by atoms with van der Waals surface area (Å²) in [4.78, 5) is 14.0. The molecule has 1 amide bonds. The summed E-state index contributed by atoms with van der Waals surface area (Å²) in [6.45, 7) is 4.80. The molecule has 0 radical (unpaired) electrons. The molecule has 19 heavy (non-hydrogen) atoms. The van der Waals surface area contributed by atoms with Crippen molar-refractivity contribution >= 4 is 5.91 Å².